The Labute approximate surface area is 282 Å². The van der Waals surface area contributed by atoms with E-state index in [9.17, 15) is 9.59 Å². The Bertz CT molecular complexity index is 1670. The first kappa shape index (κ1) is 30.1. The van der Waals surface area contributed by atoms with Crippen molar-refractivity contribution in [2.24, 2.45) is 71.0 Å². The number of carbonyl (C=O) groups is 2. The van der Waals surface area contributed by atoms with Crippen molar-refractivity contribution in [3.8, 4) is 23.0 Å². The molecule has 252 valence electrons. The number of amides is 2. The van der Waals surface area contributed by atoms with E-state index in [-0.39, 0.29) is 25.4 Å². The molecule has 8 heteroatoms. The number of hydrogen-bond acceptors (Lipinski definition) is 6. The number of hydrogen-bond donors (Lipinski definition) is 2. The summed E-state index contributed by atoms with van der Waals surface area (Å²) in [7, 11) is 0. The molecule has 0 aromatic heterocycles. The van der Waals surface area contributed by atoms with Crippen molar-refractivity contribution < 1.29 is 28.5 Å². The van der Waals surface area contributed by atoms with E-state index in [0.29, 0.717) is 96.9 Å². The summed E-state index contributed by atoms with van der Waals surface area (Å²) in [6.07, 6.45) is 13.2. The Morgan fingerprint density at radius 3 is 1.62 bits per heavy atom. The predicted octanol–water partition coefficient (Wildman–Crippen LogP) is 5.56. The van der Waals surface area contributed by atoms with Gasteiger partial charge in [0.05, 0.1) is 0 Å². The molecule has 3 saturated carbocycles. The van der Waals surface area contributed by atoms with Crippen molar-refractivity contribution in [1.29, 1.82) is 0 Å². The molecule has 2 amide bonds. The third-order valence-electron chi connectivity index (χ3n) is 13.2. The molecule has 2 aromatic carbocycles. The van der Waals surface area contributed by atoms with Gasteiger partial charge in [0.15, 0.2) is 23.0 Å². The van der Waals surface area contributed by atoms with E-state index in [4.69, 9.17) is 18.9 Å². The van der Waals surface area contributed by atoms with Crippen LogP contribution >= 0.6 is 0 Å². The molecule has 2 bridgehead atoms. The first-order valence-corrected chi connectivity index (χ1v) is 18.2. The molecule has 10 rings (SSSR count). The largest absolute Gasteiger partial charge is 0.454 e. The maximum atomic E-state index is 13.2. The van der Waals surface area contributed by atoms with Gasteiger partial charge in [-0.15, -0.1) is 0 Å². The molecule has 8 aliphatic rings. The fourth-order valence-electron chi connectivity index (χ4n) is 11.5. The molecule has 0 unspecified atom stereocenters. The van der Waals surface area contributed by atoms with Crippen LogP contribution in [0.5, 0.6) is 23.0 Å². The second-order valence-electron chi connectivity index (χ2n) is 15.1. The minimum absolute atomic E-state index is 0.165. The average molecular weight is 651 g/mol. The van der Waals surface area contributed by atoms with E-state index in [0.717, 1.165) is 35.8 Å². The molecule has 2 aromatic rings. The average Bonchev–Trinajstić information content (AvgIpc) is 3.76. The number of rotatable bonds is 10. The Morgan fingerprint density at radius 1 is 0.562 bits per heavy atom. The first-order chi connectivity index (χ1) is 23.5. The molecular formula is C40H46N2O6. The Balaban J connectivity index is 1.01. The lowest BCUT2D eigenvalue weighted by Crippen LogP contribution is -2.67. The number of carbonyl (C=O) groups excluding carboxylic acids is 2. The Morgan fingerprint density at radius 2 is 1.02 bits per heavy atom. The minimum atomic E-state index is 0.165. The number of ether oxygens (including phenoxy) is 4. The molecule has 6 aliphatic carbocycles. The van der Waals surface area contributed by atoms with Crippen LogP contribution in [0.3, 0.4) is 0 Å². The lowest BCUT2D eigenvalue weighted by molar-refractivity contribution is -0.191. The molecule has 2 aliphatic heterocycles. The van der Waals surface area contributed by atoms with Crippen LogP contribution in [0.25, 0.3) is 0 Å². The van der Waals surface area contributed by atoms with Crippen LogP contribution in [0.1, 0.15) is 37.8 Å². The zero-order chi connectivity index (χ0) is 32.5. The maximum absolute atomic E-state index is 13.2. The number of fused-ring (bicyclic) bond motifs is 3. The van der Waals surface area contributed by atoms with Gasteiger partial charge in [-0.05, 0) is 133 Å². The summed E-state index contributed by atoms with van der Waals surface area (Å²) in [5.41, 5.74) is 2.51. The number of benzene rings is 2. The van der Waals surface area contributed by atoms with E-state index in [1.54, 1.807) is 0 Å². The van der Waals surface area contributed by atoms with Gasteiger partial charge < -0.3 is 29.6 Å². The van der Waals surface area contributed by atoms with Gasteiger partial charge >= 0.3 is 0 Å². The summed E-state index contributed by atoms with van der Waals surface area (Å²) in [5.74, 6) is 8.95. The highest BCUT2D eigenvalue weighted by Crippen LogP contribution is 2.71. The standard InChI is InChI=1S/C40H46N2O6/c1-3-41-35(43)17-29-27(13-21-5-11-31-33(15-21)47-19-45-31)25-8-7-23-24-9-10-26(37(23)39(25)29)40-30(18-36(44)42-4-2)28(38(24)40)14-22-6-12-32-34(16-22)48-20-46-32/h5-12,15-16,23-30,37-40H,3-4,13-14,17-20H2,1-2H3,(H,41,43)(H,42,44)/t23-,24+,25-,26-,27+,28-,29-,30-,37-,38-,39-,40+/m0/s1. The van der Waals surface area contributed by atoms with Gasteiger partial charge in [0, 0.05) is 25.9 Å². The molecule has 8 nitrogen and oxygen atoms in total. The van der Waals surface area contributed by atoms with Gasteiger partial charge in [0.2, 0.25) is 25.4 Å². The van der Waals surface area contributed by atoms with Crippen LogP contribution in [-0.4, -0.2) is 38.5 Å². The molecule has 0 spiro atoms. The van der Waals surface area contributed by atoms with Gasteiger partial charge in [0.25, 0.3) is 0 Å². The summed E-state index contributed by atoms with van der Waals surface area (Å²) >= 11 is 0. The van der Waals surface area contributed by atoms with E-state index in [1.165, 1.54) is 11.1 Å². The molecule has 3 fully saturated rings. The third kappa shape index (κ3) is 4.76. The summed E-state index contributed by atoms with van der Waals surface area (Å²) in [6.45, 7) is 5.86. The van der Waals surface area contributed by atoms with Gasteiger partial charge in [-0.3, -0.25) is 9.59 Å². The van der Waals surface area contributed by atoms with Gasteiger partial charge in [-0.25, -0.2) is 0 Å². The van der Waals surface area contributed by atoms with Crippen molar-refractivity contribution in [2.75, 3.05) is 26.7 Å². The van der Waals surface area contributed by atoms with Crippen molar-refractivity contribution >= 4 is 11.8 Å². The second kappa shape index (κ2) is 11.9. The van der Waals surface area contributed by atoms with Gasteiger partial charge in [-0.2, -0.15) is 0 Å². The van der Waals surface area contributed by atoms with E-state index in [2.05, 4.69) is 59.2 Å². The topological polar surface area (TPSA) is 95.1 Å². The molecule has 0 radical (unpaired) electrons. The van der Waals surface area contributed by atoms with Crippen LogP contribution in [0.15, 0.2) is 60.7 Å². The molecule has 48 heavy (non-hydrogen) atoms. The molecule has 12 atom stereocenters. The molecular weight excluding hydrogens is 604 g/mol. The summed E-state index contributed by atoms with van der Waals surface area (Å²) in [6, 6.07) is 12.7. The van der Waals surface area contributed by atoms with Gasteiger partial charge in [0.1, 0.15) is 0 Å². The quantitative estimate of drug-likeness (QED) is 0.328. The zero-order valence-electron chi connectivity index (χ0n) is 27.8. The van der Waals surface area contributed by atoms with E-state index < -0.39 is 0 Å². The highest BCUT2D eigenvalue weighted by Gasteiger charge is 2.67. The normalized spacial score (nSPS) is 36.7. The first-order valence-electron chi connectivity index (χ1n) is 18.2. The highest BCUT2D eigenvalue weighted by atomic mass is 16.7. The molecule has 0 saturated heterocycles. The lowest BCUT2D eigenvalue weighted by Gasteiger charge is -2.71. The lowest BCUT2D eigenvalue weighted by atomic mass is 9.33. The molecule has 2 heterocycles. The fourth-order valence-corrected chi connectivity index (χ4v) is 11.5. The fraction of sp³-hybridized carbons (Fsp3) is 0.550. The van der Waals surface area contributed by atoms with Crippen LogP contribution in [0.2, 0.25) is 0 Å². The maximum Gasteiger partial charge on any atom is 0.231 e. The van der Waals surface area contributed by atoms with Crippen molar-refractivity contribution in [2.45, 2.75) is 39.5 Å². The van der Waals surface area contributed by atoms with Crippen molar-refractivity contribution in [3.63, 3.8) is 0 Å². The molecule has 2 N–H and O–H groups in total. The smallest absolute Gasteiger partial charge is 0.231 e. The Kier molecular flexibility index (Phi) is 7.46. The third-order valence-corrected chi connectivity index (χ3v) is 13.2. The van der Waals surface area contributed by atoms with Crippen LogP contribution in [-0.2, 0) is 22.4 Å². The summed E-state index contributed by atoms with van der Waals surface area (Å²) in [5, 5.41) is 6.21. The van der Waals surface area contributed by atoms with Crippen LogP contribution < -0.4 is 29.6 Å². The zero-order valence-corrected chi connectivity index (χ0v) is 27.8. The monoisotopic (exact) mass is 650 g/mol. The Hall–Kier alpha value is -3.94. The minimum Gasteiger partial charge on any atom is -0.454 e. The van der Waals surface area contributed by atoms with Crippen molar-refractivity contribution in [1.82, 2.24) is 10.6 Å². The predicted molar refractivity (Wildman–Crippen MR) is 179 cm³/mol. The number of allylic oxidation sites excluding steroid dienone is 4. The SMILES string of the molecule is CCNC(=O)C[C@H]1[C@H](Cc2ccc3c(c2)OCO3)[C@@H]2[C@@H]3C=C[C@@H]([C@@H]4[C@H]3C=C[C@H]3[C@@H](Cc5ccc6c(c5)OCO6)[C@H](CC(=O)NCC)[C@H]34)[C@H]12. The van der Waals surface area contributed by atoms with Crippen molar-refractivity contribution in [3.05, 3.63) is 71.8 Å². The van der Waals surface area contributed by atoms with Crippen LogP contribution in [0.4, 0.5) is 0 Å². The van der Waals surface area contributed by atoms with Crippen LogP contribution in [0, 0.1) is 71.0 Å². The highest BCUT2D eigenvalue weighted by molar-refractivity contribution is 5.77. The van der Waals surface area contributed by atoms with E-state index in [1.807, 2.05) is 26.0 Å². The summed E-state index contributed by atoms with van der Waals surface area (Å²) < 4.78 is 22.6. The number of nitrogens with one attached hydrogen (secondary N) is 2. The second-order valence-corrected chi connectivity index (χ2v) is 15.1. The summed E-state index contributed by atoms with van der Waals surface area (Å²) in [4.78, 5) is 26.4. The van der Waals surface area contributed by atoms with E-state index >= 15 is 0 Å². The van der Waals surface area contributed by atoms with Gasteiger partial charge in [-0.1, -0.05) is 36.4 Å².